The molecule has 0 rings (SSSR count). The predicted molar refractivity (Wildman–Crippen MR) is 66.1 cm³/mol. The lowest BCUT2D eigenvalue weighted by Gasteiger charge is -2.04. The Kier molecular flexibility index (Phi) is 11.3. The van der Waals surface area contributed by atoms with Crippen LogP contribution in [0.15, 0.2) is 12.2 Å². The van der Waals surface area contributed by atoms with Crippen LogP contribution in [-0.2, 0) is 0 Å². The third-order valence-electron chi connectivity index (χ3n) is 2.23. The van der Waals surface area contributed by atoms with Crippen molar-refractivity contribution in [3.63, 3.8) is 0 Å². The molecule has 0 atom stereocenters. The molecule has 4 heteroatoms. The van der Waals surface area contributed by atoms with Crippen molar-refractivity contribution in [2.75, 3.05) is 13.3 Å². The number of unbranched alkanes of at least 4 members (excludes halogenated alkanes) is 4. The van der Waals surface area contributed by atoms with Crippen LogP contribution in [-0.4, -0.2) is 24.4 Å². The van der Waals surface area contributed by atoms with E-state index in [1.54, 1.807) is 0 Å². The molecule has 0 saturated carbocycles. The molecule has 0 radical (unpaired) electrons. The van der Waals surface area contributed by atoms with Gasteiger partial charge in [0, 0.05) is 6.54 Å². The summed E-state index contributed by atoms with van der Waals surface area (Å²) in [5, 5.41) is 13.3. The van der Waals surface area contributed by atoms with Gasteiger partial charge in [-0.1, -0.05) is 31.9 Å². The van der Waals surface area contributed by atoms with E-state index >= 15 is 0 Å². The molecule has 94 valence electrons. The maximum Gasteiger partial charge on any atom is 0.316 e. The Morgan fingerprint density at radius 2 is 1.88 bits per heavy atom. The molecule has 0 aromatic rings. The van der Waals surface area contributed by atoms with E-state index in [1.807, 2.05) is 0 Å². The van der Waals surface area contributed by atoms with Gasteiger partial charge in [0.15, 0.2) is 0 Å². The van der Waals surface area contributed by atoms with Crippen molar-refractivity contribution in [1.82, 2.24) is 10.6 Å². The van der Waals surface area contributed by atoms with Crippen LogP contribution in [0.5, 0.6) is 0 Å². The maximum absolute atomic E-state index is 10.9. The molecule has 0 aromatic carbocycles. The number of hydrogen-bond acceptors (Lipinski definition) is 2. The first kappa shape index (κ1) is 15.0. The smallest absolute Gasteiger partial charge is 0.316 e. The van der Waals surface area contributed by atoms with Gasteiger partial charge in [-0.05, 0) is 25.7 Å². The predicted octanol–water partition coefficient (Wildman–Crippen LogP) is 2.15. The highest BCUT2D eigenvalue weighted by atomic mass is 16.3. The molecule has 0 heterocycles. The monoisotopic (exact) mass is 228 g/mol. The summed E-state index contributed by atoms with van der Waals surface area (Å²) in [7, 11) is 0. The van der Waals surface area contributed by atoms with Crippen LogP contribution < -0.4 is 10.6 Å². The van der Waals surface area contributed by atoms with Gasteiger partial charge in [0.25, 0.3) is 0 Å². The SMILES string of the molecule is CC/C=C/CCCCCCNC(=O)NCO. The topological polar surface area (TPSA) is 61.4 Å². The van der Waals surface area contributed by atoms with Crippen LogP contribution in [0.4, 0.5) is 4.79 Å². The molecule has 0 fully saturated rings. The fourth-order valence-electron chi connectivity index (χ4n) is 1.36. The Morgan fingerprint density at radius 1 is 1.12 bits per heavy atom. The summed E-state index contributed by atoms with van der Waals surface area (Å²) >= 11 is 0. The van der Waals surface area contributed by atoms with Crippen molar-refractivity contribution in [2.24, 2.45) is 0 Å². The number of allylic oxidation sites excluding steroid dienone is 2. The van der Waals surface area contributed by atoms with Crippen LogP contribution in [0.25, 0.3) is 0 Å². The lowest BCUT2D eigenvalue weighted by Crippen LogP contribution is -2.36. The molecule has 2 amide bonds. The first-order valence-corrected chi connectivity index (χ1v) is 6.08. The van der Waals surface area contributed by atoms with Gasteiger partial charge in [-0.25, -0.2) is 4.79 Å². The Balaban J connectivity index is 3.09. The van der Waals surface area contributed by atoms with E-state index in [4.69, 9.17) is 5.11 Å². The molecule has 0 aliphatic rings. The van der Waals surface area contributed by atoms with E-state index < -0.39 is 0 Å². The average Bonchev–Trinajstić information content (AvgIpc) is 2.27. The third-order valence-corrected chi connectivity index (χ3v) is 2.23. The zero-order valence-corrected chi connectivity index (χ0v) is 10.2. The second kappa shape index (κ2) is 12.0. The number of urea groups is 1. The quantitative estimate of drug-likeness (QED) is 0.322. The van der Waals surface area contributed by atoms with E-state index in [1.165, 1.54) is 12.8 Å². The number of aliphatic hydroxyl groups is 1. The lowest BCUT2D eigenvalue weighted by atomic mass is 10.1. The molecule has 0 spiro atoms. The molecule has 0 aliphatic carbocycles. The Labute approximate surface area is 98.1 Å². The number of aliphatic hydroxyl groups excluding tert-OH is 1. The van der Waals surface area contributed by atoms with Gasteiger partial charge in [0.1, 0.15) is 6.73 Å². The van der Waals surface area contributed by atoms with Gasteiger partial charge in [-0.2, -0.15) is 0 Å². The first-order chi connectivity index (χ1) is 7.81. The molecule has 0 unspecified atom stereocenters. The number of amides is 2. The second-order valence-corrected chi connectivity index (χ2v) is 3.67. The molecule has 0 bridgehead atoms. The highest BCUT2D eigenvalue weighted by Crippen LogP contribution is 2.03. The van der Waals surface area contributed by atoms with Gasteiger partial charge in [0.05, 0.1) is 0 Å². The average molecular weight is 228 g/mol. The molecule has 16 heavy (non-hydrogen) atoms. The van der Waals surface area contributed by atoms with Gasteiger partial charge in [-0.3, -0.25) is 0 Å². The third kappa shape index (κ3) is 11.0. The van der Waals surface area contributed by atoms with Crippen LogP contribution in [0.2, 0.25) is 0 Å². The summed E-state index contributed by atoms with van der Waals surface area (Å²) in [6.45, 7) is 2.51. The number of hydrogen-bond donors (Lipinski definition) is 3. The maximum atomic E-state index is 10.9. The summed E-state index contributed by atoms with van der Waals surface area (Å²) in [6, 6.07) is -0.298. The summed E-state index contributed by atoms with van der Waals surface area (Å²) in [5.41, 5.74) is 0. The van der Waals surface area contributed by atoms with Crippen LogP contribution in [0, 0.1) is 0 Å². The van der Waals surface area contributed by atoms with E-state index in [9.17, 15) is 4.79 Å². The Bertz CT molecular complexity index is 193. The normalized spacial score (nSPS) is 10.6. The lowest BCUT2D eigenvalue weighted by molar-refractivity contribution is 0.217. The van der Waals surface area contributed by atoms with E-state index in [-0.39, 0.29) is 12.8 Å². The van der Waals surface area contributed by atoms with E-state index in [2.05, 4.69) is 29.7 Å². The van der Waals surface area contributed by atoms with Crippen LogP contribution in [0.3, 0.4) is 0 Å². The van der Waals surface area contributed by atoms with Crippen LogP contribution >= 0.6 is 0 Å². The molecule has 3 N–H and O–H groups in total. The number of rotatable bonds is 9. The second-order valence-electron chi connectivity index (χ2n) is 3.67. The largest absolute Gasteiger partial charge is 0.376 e. The fraction of sp³-hybridized carbons (Fsp3) is 0.750. The minimum atomic E-state index is -0.310. The first-order valence-electron chi connectivity index (χ1n) is 6.08. The summed E-state index contributed by atoms with van der Waals surface area (Å²) in [6.07, 6.45) is 11.3. The van der Waals surface area contributed by atoms with E-state index in [0.717, 1.165) is 25.7 Å². The minimum absolute atomic E-state index is 0.298. The standard InChI is InChI=1S/C12H24N2O2/c1-2-3-4-5-6-7-8-9-10-13-12(16)14-11-15/h3-4,15H,2,5-11H2,1H3,(H2,13,14,16)/b4-3+. The summed E-state index contributed by atoms with van der Waals surface area (Å²) in [5.74, 6) is 0. The summed E-state index contributed by atoms with van der Waals surface area (Å²) < 4.78 is 0. The van der Waals surface area contributed by atoms with Crippen LogP contribution in [0.1, 0.15) is 45.4 Å². The summed E-state index contributed by atoms with van der Waals surface area (Å²) in [4.78, 5) is 10.9. The molecule has 0 aromatic heterocycles. The molecular weight excluding hydrogens is 204 g/mol. The Hall–Kier alpha value is -1.03. The zero-order chi connectivity index (χ0) is 12.1. The molecule has 0 saturated heterocycles. The van der Waals surface area contributed by atoms with Gasteiger partial charge < -0.3 is 15.7 Å². The number of nitrogens with one attached hydrogen (secondary N) is 2. The van der Waals surface area contributed by atoms with Gasteiger partial charge >= 0.3 is 6.03 Å². The van der Waals surface area contributed by atoms with Gasteiger partial charge in [-0.15, -0.1) is 0 Å². The number of carbonyl (C=O) groups is 1. The number of carbonyl (C=O) groups excluding carboxylic acids is 1. The molecule has 4 nitrogen and oxygen atoms in total. The fourth-order valence-corrected chi connectivity index (χ4v) is 1.36. The minimum Gasteiger partial charge on any atom is -0.376 e. The van der Waals surface area contributed by atoms with Crippen molar-refractivity contribution in [3.8, 4) is 0 Å². The molecule has 0 aliphatic heterocycles. The van der Waals surface area contributed by atoms with Crippen molar-refractivity contribution >= 4 is 6.03 Å². The molecular formula is C12H24N2O2. The van der Waals surface area contributed by atoms with Crippen molar-refractivity contribution in [2.45, 2.75) is 45.4 Å². The van der Waals surface area contributed by atoms with Crippen molar-refractivity contribution in [1.29, 1.82) is 0 Å². The van der Waals surface area contributed by atoms with E-state index in [0.29, 0.717) is 6.54 Å². The zero-order valence-electron chi connectivity index (χ0n) is 10.2. The van der Waals surface area contributed by atoms with Crippen molar-refractivity contribution < 1.29 is 9.90 Å². The van der Waals surface area contributed by atoms with Crippen molar-refractivity contribution in [3.05, 3.63) is 12.2 Å². The van der Waals surface area contributed by atoms with Gasteiger partial charge in [0.2, 0.25) is 0 Å². The Morgan fingerprint density at radius 3 is 2.56 bits per heavy atom. The highest BCUT2D eigenvalue weighted by molar-refractivity contribution is 5.73. The highest BCUT2D eigenvalue weighted by Gasteiger charge is 1.95.